The van der Waals surface area contributed by atoms with Crippen molar-refractivity contribution in [3.63, 3.8) is 0 Å². The van der Waals surface area contributed by atoms with Crippen molar-refractivity contribution < 1.29 is 9.52 Å². The first-order valence-corrected chi connectivity index (χ1v) is 7.66. The van der Waals surface area contributed by atoms with Crippen LogP contribution in [-0.4, -0.2) is 5.11 Å². The minimum atomic E-state index is -0.586. The SMILES string of the molecule is O=c1oc2cccc(Cl)c2c(O)c1CNc1ccc(Br)cc1. The van der Waals surface area contributed by atoms with E-state index in [2.05, 4.69) is 21.2 Å². The Hall–Kier alpha value is -1.98. The van der Waals surface area contributed by atoms with Gasteiger partial charge < -0.3 is 14.8 Å². The number of fused-ring (bicyclic) bond motifs is 1. The molecule has 0 aliphatic heterocycles. The number of aromatic hydroxyl groups is 1. The van der Waals surface area contributed by atoms with Gasteiger partial charge in [-0.1, -0.05) is 33.6 Å². The Bertz CT molecular complexity index is 890. The van der Waals surface area contributed by atoms with Crippen molar-refractivity contribution in [3.8, 4) is 5.75 Å². The van der Waals surface area contributed by atoms with Gasteiger partial charge in [0.1, 0.15) is 11.3 Å². The molecule has 0 radical (unpaired) electrons. The van der Waals surface area contributed by atoms with Crippen LogP contribution < -0.4 is 10.9 Å². The lowest BCUT2D eigenvalue weighted by molar-refractivity contribution is 0.458. The van der Waals surface area contributed by atoms with Crippen molar-refractivity contribution in [1.82, 2.24) is 0 Å². The second-order valence-corrected chi connectivity index (χ2v) is 6.01. The maximum absolute atomic E-state index is 12.0. The van der Waals surface area contributed by atoms with Crippen LogP contribution in [-0.2, 0) is 6.54 Å². The van der Waals surface area contributed by atoms with Gasteiger partial charge in [-0.25, -0.2) is 4.79 Å². The summed E-state index contributed by atoms with van der Waals surface area (Å²) < 4.78 is 6.17. The molecular formula is C16H11BrClNO3. The van der Waals surface area contributed by atoms with E-state index in [1.54, 1.807) is 18.2 Å². The number of rotatable bonds is 3. The summed E-state index contributed by atoms with van der Waals surface area (Å²) in [6, 6.07) is 12.4. The van der Waals surface area contributed by atoms with Gasteiger partial charge in [-0.05, 0) is 36.4 Å². The molecule has 0 amide bonds. The summed E-state index contributed by atoms with van der Waals surface area (Å²) in [7, 11) is 0. The topological polar surface area (TPSA) is 62.5 Å². The molecule has 6 heteroatoms. The number of hydrogen-bond donors (Lipinski definition) is 2. The third-order valence-electron chi connectivity index (χ3n) is 3.26. The fraction of sp³-hybridized carbons (Fsp3) is 0.0625. The number of nitrogens with one attached hydrogen (secondary N) is 1. The first-order valence-electron chi connectivity index (χ1n) is 6.49. The van der Waals surface area contributed by atoms with E-state index in [1.165, 1.54) is 0 Å². The van der Waals surface area contributed by atoms with Gasteiger partial charge in [-0.15, -0.1) is 0 Å². The van der Waals surface area contributed by atoms with E-state index < -0.39 is 5.63 Å². The second-order valence-electron chi connectivity index (χ2n) is 4.69. The van der Waals surface area contributed by atoms with Crippen molar-refractivity contribution in [3.05, 3.63) is 67.9 Å². The predicted molar refractivity (Wildman–Crippen MR) is 90.6 cm³/mol. The first kappa shape index (κ1) is 14.9. The van der Waals surface area contributed by atoms with E-state index >= 15 is 0 Å². The van der Waals surface area contributed by atoms with Gasteiger partial charge in [-0.2, -0.15) is 0 Å². The molecule has 2 aromatic carbocycles. The second kappa shape index (κ2) is 6.02. The van der Waals surface area contributed by atoms with Crippen LogP contribution in [0.5, 0.6) is 5.75 Å². The lowest BCUT2D eigenvalue weighted by Gasteiger charge is -2.09. The van der Waals surface area contributed by atoms with Gasteiger partial charge in [0.25, 0.3) is 0 Å². The molecule has 1 heterocycles. The maximum Gasteiger partial charge on any atom is 0.345 e. The summed E-state index contributed by atoms with van der Waals surface area (Å²) in [5.41, 5.74) is 0.643. The molecule has 2 N–H and O–H groups in total. The molecule has 4 nitrogen and oxygen atoms in total. The van der Waals surface area contributed by atoms with Crippen LogP contribution in [0.4, 0.5) is 5.69 Å². The maximum atomic E-state index is 12.0. The highest BCUT2D eigenvalue weighted by atomic mass is 79.9. The highest BCUT2D eigenvalue weighted by Gasteiger charge is 2.15. The van der Waals surface area contributed by atoms with Gasteiger partial charge in [0.2, 0.25) is 0 Å². The molecule has 0 unspecified atom stereocenters. The molecule has 0 saturated carbocycles. The van der Waals surface area contributed by atoms with Crippen molar-refractivity contribution in [2.45, 2.75) is 6.54 Å². The van der Waals surface area contributed by atoms with E-state index in [0.29, 0.717) is 10.4 Å². The summed E-state index contributed by atoms with van der Waals surface area (Å²) in [5.74, 6) is -0.151. The minimum absolute atomic E-state index is 0.136. The summed E-state index contributed by atoms with van der Waals surface area (Å²) in [4.78, 5) is 12.0. The third-order valence-corrected chi connectivity index (χ3v) is 4.10. The highest BCUT2D eigenvalue weighted by molar-refractivity contribution is 9.10. The van der Waals surface area contributed by atoms with E-state index in [4.69, 9.17) is 16.0 Å². The standard InChI is InChI=1S/C16H11BrClNO3/c17-9-4-6-10(7-5-9)19-8-11-15(20)14-12(18)2-1-3-13(14)22-16(11)21/h1-7,19-20H,8H2. The fourth-order valence-electron chi connectivity index (χ4n) is 2.14. The largest absolute Gasteiger partial charge is 0.506 e. The van der Waals surface area contributed by atoms with Crippen molar-refractivity contribution in [2.24, 2.45) is 0 Å². The molecule has 0 bridgehead atoms. The Morgan fingerprint density at radius 3 is 2.64 bits per heavy atom. The van der Waals surface area contributed by atoms with Crippen molar-refractivity contribution in [2.75, 3.05) is 5.32 Å². The lowest BCUT2D eigenvalue weighted by atomic mass is 10.1. The Balaban J connectivity index is 1.98. The first-order chi connectivity index (χ1) is 10.6. The Labute approximate surface area is 139 Å². The Morgan fingerprint density at radius 1 is 1.18 bits per heavy atom. The third kappa shape index (κ3) is 2.82. The molecule has 0 aliphatic carbocycles. The molecule has 112 valence electrons. The molecule has 3 rings (SSSR count). The van der Waals surface area contributed by atoms with Gasteiger partial charge in [0.15, 0.2) is 0 Å². The number of anilines is 1. The highest BCUT2D eigenvalue weighted by Crippen LogP contribution is 2.32. The van der Waals surface area contributed by atoms with Gasteiger partial charge in [-0.3, -0.25) is 0 Å². The van der Waals surface area contributed by atoms with E-state index in [1.807, 2.05) is 24.3 Å². The molecule has 22 heavy (non-hydrogen) atoms. The normalized spacial score (nSPS) is 10.8. The summed E-state index contributed by atoms with van der Waals surface area (Å²) >= 11 is 9.43. The number of hydrogen-bond acceptors (Lipinski definition) is 4. The molecular weight excluding hydrogens is 370 g/mol. The smallest absolute Gasteiger partial charge is 0.345 e. The molecule has 0 aliphatic rings. The van der Waals surface area contributed by atoms with Crippen molar-refractivity contribution >= 4 is 44.2 Å². The van der Waals surface area contributed by atoms with E-state index in [0.717, 1.165) is 10.2 Å². The van der Waals surface area contributed by atoms with Crippen LogP contribution in [0.15, 0.2) is 56.1 Å². The Morgan fingerprint density at radius 2 is 1.91 bits per heavy atom. The molecule has 0 spiro atoms. The molecule has 0 fully saturated rings. The molecule has 0 atom stereocenters. The van der Waals surface area contributed by atoms with Gasteiger partial charge in [0.05, 0.1) is 22.5 Å². The van der Waals surface area contributed by atoms with Crippen LogP contribution in [0.3, 0.4) is 0 Å². The van der Waals surface area contributed by atoms with Crippen molar-refractivity contribution in [1.29, 1.82) is 0 Å². The summed E-state index contributed by atoms with van der Waals surface area (Å²) in [6.45, 7) is 0.136. The molecule has 1 aromatic heterocycles. The average molecular weight is 381 g/mol. The average Bonchev–Trinajstić information content (AvgIpc) is 2.48. The quantitative estimate of drug-likeness (QED) is 0.656. The van der Waals surface area contributed by atoms with Crippen LogP contribution in [0.1, 0.15) is 5.56 Å². The van der Waals surface area contributed by atoms with E-state index in [9.17, 15) is 9.90 Å². The van der Waals surface area contributed by atoms with Crippen LogP contribution in [0, 0.1) is 0 Å². The van der Waals surface area contributed by atoms with E-state index in [-0.39, 0.29) is 23.4 Å². The van der Waals surface area contributed by atoms with Crippen LogP contribution >= 0.6 is 27.5 Å². The van der Waals surface area contributed by atoms with Crippen LogP contribution in [0.25, 0.3) is 11.0 Å². The monoisotopic (exact) mass is 379 g/mol. The zero-order chi connectivity index (χ0) is 15.7. The van der Waals surface area contributed by atoms with Gasteiger partial charge >= 0.3 is 5.63 Å². The van der Waals surface area contributed by atoms with Gasteiger partial charge in [0, 0.05) is 10.2 Å². The van der Waals surface area contributed by atoms with Crippen LogP contribution in [0.2, 0.25) is 5.02 Å². The predicted octanol–water partition coefficient (Wildman–Crippen LogP) is 4.53. The summed E-state index contributed by atoms with van der Waals surface area (Å²) in [5, 5.41) is 14.1. The zero-order valence-electron chi connectivity index (χ0n) is 11.3. The number of halogens is 2. The summed E-state index contributed by atoms with van der Waals surface area (Å²) in [6.07, 6.45) is 0. The molecule has 0 saturated heterocycles. The molecule has 3 aromatic rings. The fourth-order valence-corrected chi connectivity index (χ4v) is 2.66. The lowest BCUT2D eigenvalue weighted by Crippen LogP contribution is -2.12. The minimum Gasteiger partial charge on any atom is -0.506 e. The zero-order valence-corrected chi connectivity index (χ0v) is 13.6. The Kier molecular flexibility index (Phi) is 4.09. The number of benzene rings is 2.